The quantitative estimate of drug-likeness (QED) is 0.626. The summed E-state index contributed by atoms with van der Waals surface area (Å²) in [6.45, 7) is 0. The molecule has 7 heteroatoms. The van der Waals surface area contributed by atoms with Gasteiger partial charge in [0.15, 0.2) is 20.9 Å². The highest BCUT2D eigenvalue weighted by Crippen LogP contribution is 2.40. The summed E-state index contributed by atoms with van der Waals surface area (Å²) in [5, 5.41) is 9.30. The molecule has 106 valence electrons. The van der Waals surface area contributed by atoms with E-state index < -0.39 is 25.8 Å². The molecule has 2 aromatic carbocycles. The number of nitro benzene ring substituents is 1. The van der Waals surface area contributed by atoms with Crippen molar-refractivity contribution in [2.45, 2.75) is 10.1 Å². The molecule has 21 heavy (non-hydrogen) atoms. The molecular weight excluding hydrogens is 294 g/mol. The highest BCUT2D eigenvalue weighted by molar-refractivity contribution is 7.93. The van der Waals surface area contributed by atoms with Crippen LogP contribution in [0.5, 0.6) is 0 Å². The third kappa shape index (κ3) is 1.93. The number of fused-ring (bicyclic) bond motifs is 1. The fraction of sp³-hybridized carbons (Fsp3) is 0.0714. The molecule has 2 aromatic rings. The van der Waals surface area contributed by atoms with Gasteiger partial charge in [-0.2, -0.15) is 0 Å². The number of nitro groups is 1. The number of carbonyl (C=O) groups is 1. The van der Waals surface area contributed by atoms with Crippen molar-refractivity contribution in [2.24, 2.45) is 0 Å². The van der Waals surface area contributed by atoms with Gasteiger partial charge in [0.2, 0.25) is 0 Å². The summed E-state index contributed by atoms with van der Waals surface area (Å²) in [5.41, 5.74) is 0.252. The standard InChI is InChI=1S/C14H9NO5S/c16-13-11-3-1-2-4-12(11)21(19,20)14(13)9-5-7-10(8-6-9)15(17)18/h1-8,14H. The number of non-ortho nitro benzene ring substituents is 1. The number of nitrogens with zero attached hydrogens (tertiary/aromatic N) is 1. The lowest BCUT2D eigenvalue weighted by Crippen LogP contribution is -2.13. The van der Waals surface area contributed by atoms with E-state index in [1.165, 1.54) is 36.4 Å². The number of hydrogen-bond acceptors (Lipinski definition) is 5. The predicted octanol–water partition coefficient (Wildman–Crippen LogP) is 2.31. The summed E-state index contributed by atoms with van der Waals surface area (Å²) in [4.78, 5) is 22.4. The molecule has 0 radical (unpaired) electrons. The minimum Gasteiger partial charge on any atom is -0.292 e. The fourth-order valence-electron chi connectivity index (χ4n) is 2.43. The zero-order valence-corrected chi connectivity index (χ0v) is 11.4. The summed E-state index contributed by atoms with van der Waals surface area (Å²) >= 11 is 0. The molecule has 0 bridgehead atoms. The number of carbonyl (C=O) groups excluding carboxylic acids is 1. The maximum atomic E-state index is 12.5. The van der Waals surface area contributed by atoms with Crippen molar-refractivity contribution in [3.63, 3.8) is 0 Å². The minimum atomic E-state index is -3.80. The molecule has 1 aliphatic heterocycles. The Kier molecular flexibility index (Phi) is 2.87. The van der Waals surface area contributed by atoms with E-state index in [0.717, 1.165) is 0 Å². The number of benzene rings is 2. The van der Waals surface area contributed by atoms with E-state index in [-0.39, 0.29) is 21.7 Å². The monoisotopic (exact) mass is 303 g/mol. The smallest absolute Gasteiger partial charge is 0.269 e. The second-order valence-electron chi connectivity index (χ2n) is 4.63. The first-order valence-electron chi connectivity index (χ1n) is 6.04. The first kappa shape index (κ1) is 13.4. The Balaban J connectivity index is 2.12. The molecule has 1 unspecified atom stereocenters. The van der Waals surface area contributed by atoms with Crippen molar-refractivity contribution in [3.05, 3.63) is 69.8 Å². The Morgan fingerprint density at radius 1 is 1.00 bits per heavy atom. The molecule has 1 aliphatic rings. The second kappa shape index (κ2) is 4.49. The van der Waals surface area contributed by atoms with Gasteiger partial charge in [-0.1, -0.05) is 30.3 Å². The third-order valence-corrected chi connectivity index (χ3v) is 5.49. The van der Waals surface area contributed by atoms with Crippen LogP contribution in [-0.2, 0) is 9.84 Å². The lowest BCUT2D eigenvalue weighted by Gasteiger charge is -2.08. The third-order valence-electron chi connectivity index (χ3n) is 3.41. The van der Waals surface area contributed by atoms with Crippen molar-refractivity contribution in [1.82, 2.24) is 0 Å². The predicted molar refractivity (Wildman–Crippen MR) is 73.8 cm³/mol. The SMILES string of the molecule is O=C1c2ccccc2S(=O)(=O)C1c1ccc([N+](=O)[O-])cc1. The molecule has 0 spiro atoms. The van der Waals surface area contributed by atoms with Gasteiger partial charge in [-0.15, -0.1) is 0 Å². The maximum absolute atomic E-state index is 12.5. The zero-order valence-electron chi connectivity index (χ0n) is 10.6. The Morgan fingerprint density at radius 3 is 2.19 bits per heavy atom. The Morgan fingerprint density at radius 2 is 1.62 bits per heavy atom. The molecule has 0 aliphatic carbocycles. The van der Waals surface area contributed by atoms with Crippen molar-refractivity contribution in [3.8, 4) is 0 Å². The topological polar surface area (TPSA) is 94.3 Å². The van der Waals surface area contributed by atoms with Gasteiger partial charge in [-0.05, 0) is 11.6 Å². The number of Topliss-reactive ketones (excluding diaryl/α,β-unsaturated/α-hetero) is 1. The number of ketones is 1. The van der Waals surface area contributed by atoms with E-state index >= 15 is 0 Å². The molecule has 1 atom stereocenters. The summed E-state index contributed by atoms with van der Waals surface area (Å²) in [5.74, 6) is -0.501. The molecular formula is C14H9NO5S. The van der Waals surface area contributed by atoms with Crippen molar-refractivity contribution in [1.29, 1.82) is 0 Å². The van der Waals surface area contributed by atoms with Crippen molar-refractivity contribution >= 4 is 21.3 Å². The van der Waals surface area contributed by atoms with E-state index in [1.807, 2.05) is 0 Å². The highest BCUT2D eigenvalue weighted by Gasteiger charge is 2.44. The summed E-state index contributed by atoms with van der Waals surface area (Å²) in [7, 11) is -3.80. The van der Waals surface area contributed by atoms with Crippen LogP contribution in [0.4, 0.5) is 5.69 Å². The van der Waals surface area contributed by atoms with Crippen LogP contribution in [0.15, 0.2) is 53.4 Å². The summed E-state index contributed by atoms with van der Waals surface area (Å²) in [6.07, 6.45) is 0. The van der Waals surface area contributed by atoms with Crippen molar-refractivity contribution in [2.75, 3.05) is 0 Å². The Hall–Kier alpha value is -2.54. The van der Waals surface area contributed by atoms with E-state index in [0.29, 0.717) is 0 Å². The molecule has 0 N–H and O–H groups in total. The summed E-state index contributed by atoms with van der Waals surface area (Å²) < 4.78 is 24.9. The molecule has 0 fully saturated rings. The average Bonchev–Trinajstić information content (AvgIpc) is 2.67. The summed E-state index contributed by atoms with van der Waals surface area (Å²) in [6, 6.07) is 11.0. The number of sulfone groups is 1. The molecule has 6 nitrogen and oxygen atoms in total. The molecule has 0 saturated carbocycles. The van der Waals surface area contributed by atoms with Crippen LogP contribution in [0.1, 0.15) is 21.2 Å². The lowest BCUT2D eigenvalue weighted by atomic mass is 10.0. The Labute approximate surface area is 120 Å². The van der Waals surface area contributed by atoms with Gasteiger partial charge in [-0.3, -0.25) is 14.9 Å². The van der Waals surface area contributed by atoms with E-state index in [4.69, 9.17) is 0 Å². The van der Waals surface area contributed by atoms with Gasteiger partial charge in [0.05, 0.1) is 9.82 Å². The Bertz CT molecular complexity index is 855. The molecule has 0 aromatic heterocycles. The largest absolute Gasteiger partial charge is 0.292 e. The maximum Gasteiger partial charge on any atom is 0.269 e. The van der Waals surface area contributed by atoms with Gasteiger partial charge < -0.3 is 0 Å². The second-order valence-corrected chi connectivity index (χ2v) is 6.64. The van der Waals surface area contributed by atoms with Crippen LogP contribution in [-0.4, -0.2) is 19.1 Å². The fourth-order valence-corrected chi connectivity index (χ4v) is 4.35. The highest BCUT2D eigenvalue weighted by atomic mass is 32.2. The van der Waals surface area contributed by atoms with E-state index in [1.54, 1.807) is 12.1 Å². The minimum absolute atomic E-state index is 0.0124. The normalized spacial score (nSPS) is 19.2. The molecule has 0 saturated heterocycles. The van der Waals surface area contributed by atoms with E-state index in [2.05, 4.69) is 0 Å². The molecule has 0 amide bonds. The van der Waals surface area contributed by atoms with Gasteiger partial charge >= 0.3 is 0 Å². The first-order chi connectivity index (χ1) is 9.93. The van der Waals surface area contributed by atoms with Crippen LogP contribution in [0, 0.1) is 10.1 Å². The van der Waals surface area contributed by atoms with Crippen molar-refractivity contribution < 1.29 is 18.1 Å². The van der Waals surface area contributed by atoms with Crippen LogP contribution in [0.3, 0.4) is 0 Å². The van der Waals surface area contributed by atoms with Gasteiger partial charge in [0.1, 0.15) is 0 Å². The molecule has 1 heterocycles. The van der Waals surface area contributed by atoms with Crippen LogP contribution in [0.2, 0.25) is 0 Å². The lowest BCUT2D eigenvalue weighted by molar-refractivity contribution is -0.384. The number of hydrogen-bond donors (Lipinski definition) is 0. The van der Waals surface area contributed by atoms with Crippen LogP contribution >= 0.6 is 0 Å². The first-order valence-corrected chi connectivity index (χ1v) is 7.59. The van der Waals surface area contributed by atoms with Crippen LogP contribution < -0.4 is 0 Å². The average molecular weight is 303 g/mol. The van der Waals surface area contributed by atoms with Gasteiger partial charge in [-0.25, -0.2) is 8.42 Å². The zero-order chi connectivity index (χ0) is 15.2. The van der Waals surface area contributed by atoms with Crippen LogP contribution in [0.25, 0.3) is 0 Å². The van der Waals surface area contributed by atoms with E-state index in [9.17, 15) is 23.3 Å². The molecule has 3 rings (SSSR count). The van der Waals surface area contributed by atoms with Gasteiger partial charge in [0.25, 0.3) is 5.69 Å². The van der Waals surface area contributed by atoms with Gasteiger partial charge in [0, 0.05) is 17.7 Å². The number of rotatable bonds is 2.